The molecular weight excluding hydrogens is 112 g/mol. The Kier molecular flexibility index (Phi) is 1.10. The molecule has 0 spiro atoms. The van der Waals surface area contributed by atoms with Gasteiger partial charge >= 0.3 is 6.03 Å². The van der Waals surface area contributed by atoms with E-state index < -0.39 is 0 Å². The number of carbonyl (C=O) groups is 1. The van der Waals surface area contributed by atoms with Crippen molar-refractivity contribution >= 4 is 18.0 Å². The molecule has 4 heteroatoms. The highest BCUT2D eigenvalue weighted by Gasteiger charge is 2.13. The Balaban J connectivity index is 2.48. The molecule has 3 nitrogen and oxygen atoms in total. The Labute approximate surface area is 46.2 Å². The average Bonchev–Trinajstić information content (AvgIpc) is 1.91. The summed E-state index contributed by atoms with van der Waals surface area (Å²) in [6.45, 7) is 0. The summed E-state index contributed by atoms with van der Waals surface area (Å²) in [6, 6.07) is 0.00463. The van der Waals surface area contributed by atoms with Crippen molar-refractivity contribution in [2.75, 3.05) is 12.9 Å². The van der Waals surface area contributed by atoms with E-state index >= 15 is 0 Å². The van der Waals surface area contributed by atoms with Gasteiger partial charge in [-0.15, -0.1) is 0 Å². The van der Waals surface area contributed by atoms with E-state index in [-0.39, 0.29) is 6.03 Å². The van der Waals surface area contributed by atoms with E-state index in [0.717, 1.165) is 5.88 Å². The van der Waals surface area contributed by atoms with Gasteiger partial charge in [-0.05, 0) is 11.9 Å². The lowest BCUT2D eigenvalue weighted by atomic mass is 10.9. The van der Waals surface area contributed by atoms with E-state index in [1.54, 1.807) is 11.9 Å². The molecule has 40 valence electrons. The number of hydrogen-bond donors (Lipinski definition) is 1. The Morgan fingerprint density at radius 2 is 2.71 bits per heavy atom. The zero-order chi connectivity index (χ0) is 5.28. The van der Waals surface area contributed by atoms with Crippen molar-refractivity contribution in [1.29, 1.82) is 0 Å². The van der Waals surface area contributed by atoms with Gasteiger partial charge in [0, 0.05) is 7.05 Å². The summed E-state index contributed by atoms with van der Waals surface area (Å²) in [5.41, 5.74) is 0. The monoisotopic (exact) mass is 118 g/mol. The highest BCUT2D eigenvalue weighted by molar-refractivity contribution is 7.98. The van der Waals surface area contributed by atoms with Crippen LogP contribution in [0, 0.1) is 0 Å². The zero-order valence-electron chi connectivity index (χ0n) is 3.97. The highest BCUT2D eigenvalue weighted by Crippen LogP contribution is 2.05. The van der Waals surface area contributed by atoms with Crippen molar-refractivity contribution in [3.8, 4) is 0 Å². The molecule has 0 aromatic heterocycles. The smallest absolute Gasteiger partial charge is 0.316 e. The van der Waals surface area contributed by atoms with Crippen molar-refractivity contribution in [1.82, 2.24) is 9.62 Å². The lowest BCUT2D eigenvalue weighted by Crippen LogP contribution is -2.22. The fourth-order valence-corrected chi connectivity index (χ4v) is 0.982. The minimum absolute atomic E-state index is 0.00463. The number of carbonyl (C=O) groups excluding carboxylic acids is 1. The molecule has 1 saturated heterocycles. The molecule has 7 heavy (non-hydrogen) atoms. The van der Waals surface area contributed by atoms with Gasteiger partial charge in [0.25, 0.3) is 0 Å². The first-order chi connectivity index (χ1) is 3.30. The summed E-state index contributed by atoms with van der Waals surface area (Å²) in [6.07, 6.45) is 0. The normalized spacial score (nSPS) is 20.1. The maximum Gasteiger partial charge on any atom is 0.327 e. The maximum absolute atomic E-state index is 10.4. The lowest BCUT2D eigenvalue weighted by molar-refractivity contribution is 0.226. The van der Waals surface area contributed by atoms with E-state index in [1.165, 1.54) is 11.9 Å². The third kappa shape index (κ3) is 0.796. The van der Waals surface area contributed by atoms with Gasteiger partial charge in [-0.3, -0.25) is 4.72 Å². The quantitative estimate of drug-likeness (QED) is 0.462. The van der Waals surface area contributed by atoms with Crippen molar-refractivity contribution in [2.24, 2.45) is 0 Å². The second kappa shape index (κ2) is 1.61. The minimum atomic E-state index is 0.00463. The van der Waals surface area contributed by atoms with Gasteiger partial charge in [0.1, 0.15) is 0 Å². The van der Waals surface area contributed by atoms with Crippen LogP contribution >= 0.6 is 11.9 Å². The van der Waals surface area contributed by atoms with Crippen molar-refractivity contribution in [3.05, 3.63) is 0 Å². The molecule has 1 N–H and O–H groups in total. The molecule has 0 aliphatic carbocycles. The number of amides is 2. The zero-order valence-corrected chi connectivity index (χ0v) is 4.79. The molecule has 1 heterocycles. The fraction of sp³-hybridized carbons (Fsp3) is 0.667. The fourth-order valence-electron chi connectivity index (χ4n) is 0.327. The van der Waals surface area contributed by atoms with Gasteiger partial charge in [0.15, 0.2) is 0 Å². The Bertz CT molecular complexity index is 94.9. The topological polar surface area (TPSA) is 32.3 Å². The van der Waals surface area contributed by atoms with Gasteiger partial charge in [0.05, 0.1) is 5.88 Å². The first-order valence-corrected chi connectivity index (χ1v) is 2.92. The largest absolute Gasteiger partial charge is 0.327 e. The van der Waals surface area contributed by atoms with Crippen LogP contribution in [-0.2, 0) is 0 Å². The molecule has 1 rings (SSSR count). The van der Waals surface area contributed by atoms with Crippen LogP contribution in [0.15, 0.2) is 0 Å². The van der Waals surface area contributed by atoms with E-state index in [0.29, 0.717) is 0 Å². The van der Waals surface area contributed by atoms with Crippen molar-refractivity contribution in [2.45, 2.75) is 0 Å². The maximum atomic E-state index is 10.4. The molecular formula is C3H6N2OS. The van der Waals surface area contributed by atoms with Gasteiger partial charge in [-0.25, -0.2) is 4.79 Å². The van der Waals surface area contributed by atoms with Crippen LogP contribution in [0.1, 0.15) is 0 Å². The second-order valence-electron chi connectivity index (χ2n) is 1.38. The number of nitrogens with zero attached hydrogens (tertiary/aromatic N) is 1. The molecule has 0 aromatic carbocycles. The van der Waals surface area contributed by atoms with Crippen LogP contribution in [0.2, 0.25) is 0 Å². The summed E-state index contributed by atoms with van der Waals surface area (Å²) < 4.78 is 2.57. The summed E-state index contributed by atoms with van der Waals surface area (Å²) in [4.78, 5) is 12.0. The molecule has 0 unspecified atom stereocenters. The number of nitrogens with one attached hydrogen (secondary N) is 1. The summed E-state index contributed by atoms with van der Waals surface area (Å²) in [5.74, 6) is 0.763. The Morgan fingerprint density at radius 3 is 2.86 bits per heavy atom. The number of hydrogen-bond acceptors (Lipinski definition) is 2. The number of rotatable bonds is 0. The van der Waals surface area contributed by atoms with Crippen LogP contribution in [-0.4, -0.2) is 23.9 Å². The van der Waals surface area contributed by atoms with Gasteiger partial charge < -0.3 is 4.90 Å². The molecule has 0 bridgehead atoms. The first-order valence-electron chi connectivity index (χ1n) is 1.93. The van der Waals surface area contributed by atoms with E-state index in [2.05, 4.69) is 4.72 Å². The third-order valence-electron chi connectivity index (χ3n) is 0.764. The van der Waals surface area contributed by atoms with Gasteiger partial charge in [-0.2, -0.15) is 0 Å². The molecule has 0 saturated carbocycles. The van der Waals surface area contributed by atoms with Crippen LogP contribution < -0.4 is 4.72 Å². The predicted octanol–water partition coefficient (Wildman–Crippen LogP) is 0.247. The second-order valence-corrected chi connectivity index (χ2v) is 2.13. The Hall–Kier alpha value is -0.380. The predicted molar refractivity (Wildman–Crippen MR) is 28.8 cm³/mol. The Morgan fingerprint density at radius 1 is 2.00 bits per heavy atom. The molecule has 0 aromatic rings. The average molecular weight is 118 g/mol. The first kappa shape index (κ1) is 4.77. The molecule has 0 atom stereocenters. The third-order valence-corrected chi connectivity index (χ3v) is 1.60. The number of urea groups is 1. The van der Waals surface area contributed by atoms with Crippen LogP contribution in [0.3, 0.4) is 0 Å². The standard InChI is InChI=1S/C3H6N2OS/c1-5-2-7-4-3(5)6/h2H2,1H3,(H,4,6). The molecule has 0 radical (unpaired) electrons. The van der Waals surface area contributed by atoms with E-state index in [9.17, 15) is 4.79 Å². The summed E-state index contributed by atoms with van der Waals surface area (Å²) in [5, 5.41) is 0. The molecule has 1 aliphatic heterocycles. The van der Waals surface area contributed by atoms with Crippen molar-refractivity contribution in [3.63, 3.8) is 0 Å². The van der Waals surface area contributed by atoms with Crippen LogP contribution in [0.25, 0.3) is 0 Å². The van der Waals surface area contributed by atoms with Crippen molar-refractivity contribution < 1.29 is 4.79 Å². The van der Waals surface area contributed by atoms with Crippen LogP contribution in [0.4, 0.5) is 4.79 Å². The molecule has 2 amide bonds. The van der Waals surface area contributed by atoms with Crippen LogP contribution in [0.5, 0.6) is 0 Å². The molecule has 1 fully saturated rings. The van der Waals surface area contributed by atoms with Gasteiger partial charge in [-0.1, -0.05) is 0 Å². The van der Waals surface area contributed by atoms with Gasteiger partial charge in [0.2, 0.25) is 0 Å². The highest BCUT2D eigenvalue weighted by atomic mass is 32.2. The lowest BCUT2D eigenvalue weighted by Gasteiger charge is -1.99. The molecule has 1 aliphatic rings. The summed E-state index contributed by atoms with van der Waals surface area (Å²) >= 11 is 1.42. The SMILES string of the molecule is CN1CSNC1=O. The van der Waals surface area contributed by atoms with E-state index in [1.807, 2.05) is 0 Å². The minimum Gasteiger partial charge on any atom is -0.316 e. The van der Waals surface area contributed by atoms with E-state index in [4.69, 9.17) is 0 Å². The summed E-state index contributed by atoms with van der Waals surface area (Å²) in [7, 11) is 1.76.